The SMILES string of the molecule is CC(C)c1cccc(C(C)C)c1P1[C]P(c2c(C(C)C)cccc2C(C)C)C=C1. The summed E-state index contributed by atoms with van der Waals surface area (Å²) in [5.74, 6) is 11.3. The molecule has 0 spiro atoms. The van der Waals surface area contributed by atoms with Crippen LogP contribution in [0.2, 0.25) is 0 Å². The van der Waals surface area contributed by atoms with Crippen molar-refractivity contribution in [2.75, 3.05) is 0 Å². The highest BCUT2D eigenvalue weighted by Gasteiger charge is 2.30. The summed E-state index contributed by atoms with van der Waals surface area (Å²) in [6.07, 6.45) is 0. The van der Waals surface area contributed by atoms with E-state index in [4.69, 9.17) is 0 Å². The first-order chi connectivity index (χ1) is 13.7. The maximum absolute atomic E-state index is 4.12. The van der Waals surface area contributed by atoms with Gasteiger partial charge in [0.2, 0.25) is 0 Å². The number of hydrogen-bond donors (Lipinski definition) is 0. The molecule has 2 heteroatoms. The zero-order valence-electron chi connectivity index (χ0n) is 19.3. The second-order valence-electron chi connectivity index (χ2n) is 9.33. The van der Waals surface area contributed by atoms with E-state index >= 15 is 0 Å². The smallest absolute Gasteiger partial charge is 0.0575 e. The summed E-state index contributed by atoms with van der Waals surface area (Å²) in [6, 6.07) is 13.9. The van der Waals surface area contributed by atoms with Crippen LogP contribution in [0.5, 0.6) is 0 Å². The summed E-state index contributed by atoms with van der Waals surface area (Å²) < 4.78 is 0. The van der Waals surface area contributed by atoms with Crippen LogP contribution >= 0.6 is 15.8 Å². The normalized spacial score (nSPS) is 19.3. The summed E-state index contributed by atoms with van der Waals surface area (Å²) in [7, 11) is -0.949. The van der Waals surface area contributed by atoms with Gasteiger partial charge in [0.05, 0.1) is 5.90 Å². The van der Waals surface area contributed by atoms with Gasteiger partial charge in [0.1, 0.15) is 0 Å². The van der Waals surface area contributed by atoms with E-state index in [2.05, 4.69) is 109 Å². The summed E-state index contributed by atoms with van der Waals surface area (Å²) in [4.78, 5) is 0. The van der Waals surface area contributed by atoms with Crippen molar-refractivity contribution < 1.29 is 0 Å². The number of hydrogen-bond acceptors (Lipinski definition) is 0. The van der Waals surface area contributed by atoms with Crippen molar-refractivity contribution in [2.45, 2.75) is 79.1 Å². The predicted molar refractivity (Wildman–Crippen MR) is 135 cm³/mol. The van der Waals surface area contributed by atoms with Crippen molar-refractivity contribution in [1.29, 1.82) is 0 Å². The highest BCUT2D eigenvalue weighted by Crippen LogP contribution is 2.65. The first-order valence-corrected chi connectivity index (χ1v) is 13.8. The maximum atomic E-state index is 4.12. The Labute approximate surface area is 181 Å². The highest BCUT2D eigenvalue weighted by atomic mass is 31.2. The van der Waals surface area contributed by atoms with Crippen LogP contribution in [0.4, 0.5) is 0 Å². The van der Waals surface area contributed by atoms with E-state index in [1.165, 1.54) is 22.3 Å². The molecule has 0 bridgehead atoms. The Balaban J connectivity index is 2.05. The van der Waals surface area contributed by atoms with E-state index < -0.39 is 15.8 Å². The van der Waals surface area contributed by atoms with Gasteiger partial charge in [-0.05, 0) is 72.4 Å². The fourth-order valence-corrected chi connectivity index (χ4v) is 10.2. The molecule has 2 unspecified atom stereocenters. The molecule has 0 aliphatic carbocycles. The Bertz CT molecular complexity index is 750. The molecular formula is C27H36P2. The first kappa shape index (κ1) is 22.7. The minimum absolute atomic E-state index is 0.475. The molecule has 3 rings (SSSR count). The van der Waals surface area contributed by atoms with Crippen LogP contribution in [0.25, 0.3) is 0 Å². The quantitative estimate of drug-likeness (QED) is 0.409. The topological polar surface area (TPSA) is 0 Å². The third-order valence-corrected chi connectivity index (χ3v) is 10.6. The summed E-state index contributed by atoms with van der Waals surface area (Å²) >= 11 is 0. The third-order valence-electron chi connectivity index (χ3n) is 5.75. The number of benzene rings is 2. The maximum Gasteiger partial charge on any atom is 0.0575 e. The average Bonchev–Trinajstić information content (AvgIpc) is 3.15. The minimum Gasteiger partial charge on any atom is -0.0617 e. The summed E-state index contributed by atoms with van der Waals surface area (Å²) in [5, 5.41) is 3.14. The fourth-order valence-electron chi connectivity index (χ4n) is 4.14. The largest absolute Gasteiger partial charge is 0.0617 e. The zero-order valence-corrected chi connectivity index (χ0v) is 21.1. The van der Waals surface area contributed by atoms with Crippen molar-refractivity contribution in [3.8, 4) is 0 Å². The molecule has 1 aliphatic rings. The van der Waals surface area contributed by atoms with Gasteiger partial charge < -0.3 is 0 Å². The van der Waals surface area contributed by atoms with Gasteiger partial charge in [0, 0.05) is 0 Å². The third kappa shape index (κ3) is 4.70. The van der Waals surface area contributed by atoms with E-state index in [1.807, 2.05) is 0 Å². The highest BCUT2D eigenvalue weighted by molar-refractivity contribution is 7.91. The molecule has 0 nitrogen and oxygen atoms in total. The molecule has 154 valence electrons. The van der Waals surface area contributed by atoms with Crippen molar-refractivity contribution in [1.82, 2.24) is 0 Å². The van der Waals surface area contributed by atoms with Crippen molar-refractivity contribution in [2.24, 2.45) is 0 Å². The van der Waals surface area contributed by atoms with Gasteiger partial charge in [-0.1, -0.05) is 103 Å². The lowest BCUT2D eigenvalue weighted by Crippen LogP contribution is -2.17. The van der Waals surface area contributed by atoms with E-state index in [-0.39, 0.29) is 0 Å². The van der Waals surface area contributed by atoms with Crippen molar-refractivity contribution in [3.63, 3.8) is 0 Å². The molecule has 0 amide bonds. The van der Waals surface area contributed by atoms with Gasteiger partial charge in [0.15, 0.2) is 0 Å². The molecule has 0 N–H and O–H groups in total. The van der Waals surface area contributed by atoms with E-state index in [9.17, 15) is 0 Å². The van der Waals surface area contributed by atoms with Crippen molar-refractivity contribution in [3.05, 3.63) is 76.2 Å². The molecule has 0 saturated carbocycles. The number of rotatable bonds is 6. The van der Waals surface area contributed by atoms with Gasteiger partial charge in [-0.2, -0.15) is 0 Å². The molecule has 0 fully saturated rings. The van der Waals surface area contributed by atoms with Gasteiger partial charge in [0.25, 0.3) is 0 Å². The molecule has 29 heavy (non-hydrogen) atoms. The Morgan fingerprint density at radius 3 is 1.03 bits per heavy atom. The molecule has 2 radical (unpaired) electrons. The van der Waals surface area contributed by atoms with Crippen LogP contribution in [-0.2, 0) is 0 Å². The van der Waals surface area contributed by atoms with E-state index in [1.54, 1.807) is 10.6 Å². The van der Waals surface area contributed by atoms with Crippen molar-refractivity contribution >= 4 is 26.5 Å². The summed E-state index contributed by atoms with van der Waals surface area (Å²) in [6.45, 7) is 18.6. The molecule has 1 aliphatic heterocycles. The molecule has 0 saturated heterocycles. The minimum atomic E-state index is -0.475. The molecule has 1 heterocycles. The monoisotopic (exact) mass is 422 g/mol. The Kier molecular flexibility index (Phi) is 7.41. The van der Waals surface area contributed by atoms with Crippen LogP contribution in [-0.4, -0.2) is 0 Å². The summed E-state index contributed by atoms with van der Waals surface area (Å²) in [5.41, 5.74) is 6.05. The molecule has 2 aromatic carbocycles. The molecule has 2 atom stereocenters. The molecule has 0 aromatic heterocycles. The Hall–Kier alpha value is -0.960. The molecule has 2 aromatic rings. The lowest BCUT2D eigenvalue weighted by atomic mass is 9.95. The van der Waals surface area contributed by atoms with Gasteiger partial charge >= 0.3 is 0 Å². The van der Waals surface area contributed by atoms with Gasteiger partial charge in [-0.15, -0.1) is 0 Å². The van der Waals surface area contributed by atoms with E-state index in [0.717, 1.165) is 0 Å². The fraction of sp³-hybridized carbons (Fsp3) is 0.444. The lowest BCUT2D eigenvalue weighted by molar-refractivity contribution is 0.846. The van der Waals surface area contributed by atoms with Crippen LogP contribution in [0.3, 0.4) is 0 Å². The second kappa shape index (κ2) is 9.45. The lowest BCUT2D eigenvalue weighted by Gasteiger charge is -2.26. The van der Waals surface area contributed by atoms with Crippen LogP contribution < -0.4 is 10.6 Å². The predicted octanol–water partition coefficient (Wildman–Crippen LogP) is 8.58. The van der Waals surface area contributed by atoms with Crippen LogP contribution in [0.1, 0.15) is 101 Å². The second-order valence-corrected chi connectivity index (χ2v) is 13.1. The first-order valence-electron chi connectivity index (χ1n) is 11.0. The van der Waals surface area contributed by atoms with E-state index in [0.29, 0.717) is 23.7 Å². The zero-order chi connectivity index (χ0) is 21.3. The van der Waals surface area contributed by atoms with Gasteiger partial charge in [-0.3, -0.25) is 0 Å². The van der Waals surface area contributed by atoms with Crippen LogP contribution in [0.15, 0.2) is 48.0 Å². The Morgan fingerprint density at radius 2 is 0.793 bits per heavy atom. The molecular weight excluding hydrogens is 386 g/mol. The average molecular weight is 423 g/mol. The standard InChI is InChI=1S/C27H36P2/c1-18(2)22-11-9-12-23(19(3)4)26(22)28-15-16-29(17-28)27-24(20(5)6)13-10-14-25(27)21(7)8/h9-16,18-21H,1-8H3. The Morgan fingerprint density at radius 1 is 0.517 bits per heavy atom. The van der Waals surface area contributed by atoms with Gasteiger partial charge in [-0.25, -0.2) is 0 Å². The van der Waals surface area contributed by atoms with Crippen LogP contribution in [0, 0.1) is 5.90 Å².